The molecule has 0 unspecified atom stereocenters. The summed E-state index contributed by atoms with van der Waals surface area (Å²) in [5, 5.41) is 20.5. The van der Waals surface area contributed by atoms with E-state index in [1.54, 1.807) is 0 Å². The number of rotatable bonds is 5. The molecule has 29 heavy (non-hydrogen) atoms. The molecule has 0 aliphatic rings. The van der Waals surface area contributed by atoms with Gasteiger partial charge < -0.3 is 4.57 Å². The molecular formula is C23H19N3O3. The Balaban J connectivity index is 2.03. The van der Waals surface area contributed by atoms with Crippen molar-refractivity contribution in [3.63, 3.8) is 0 Å². The molecule has 0 spiro atoms. The number of ketones is 1. The molecule has 0 radical (unpaired) electrons. The largest absolute Gasteiger partial charge is 0.318 e. The van der Waals surface area contributed by atoms with E-state index in [9.17, 15) is 20.2 Å². The monoisotopic (exact) mass is 385 g/mol. The summed E-state index contributed by atoms with van der Waals surface area (Å²) in [4.78, 5) is 23.1. The molecule has 0 bridgehead atoms. The Hall–Kier alpha value is -3.98. The van der Waals surface area contributed by atoms with E-state index >= 15 is 0 Å². The van der Waals surface area contributed by atoms with Gasteiger partial charge in [-0.15, -0.1) is 0 Å². The van der Waals surface area contributed by atoms with Crippen LogP contribution in [0.15, 0.2) is 60.2 Å². The maximum atomic E-state index is 12.8. The van der Waals surface area contributed by atoms with Gasteiger partial charge in [-0.1, -0.05) is 24.3 Å². The van der Waals surface area contributed by atoms with Crippen molar-refractivity contribution in [2.24, 2.45) is 0 Å². The molecular weight excluding hydrogens is 366 g/mol. The Bertz CT molecular complexity index is 1200. The van der Waals surface area contributed by atoms with E-state index in [-0.39, 0.29) is 16.8 Å². The maximum Gasteiger partial charge on any atom is 0.270 e. The summed E-state index contributed by atoms with van der Waals surface area (Å²) in [6.45, 7) is 5.90. The van der Waals surface area contributed by atoms with Crippen molar-refractivity contribution >= 4 is 17.5 Å². The van der Waals surface area contributed by atoms with E-state index in [0.717, 1.165) is 28.2 Å². The number of nitro benzene ring substituents is 1. The predicted molar refractivity (Wildman–Crippen MR) is 111 cm³/mol. The molecule has 0 fully saturated rings. The molecule has 1 aromatic heterocycles. The first-order valence-electron chi connectivity index (χ1n) is 8.98. The summed E-state index contributed by atoms with van der Waals surface area (Å²) in [5.41, 5.74) is 4.60. The molecule has 0 aliphatic carbocycles. The third-order valence-electron chi connectivity index (χ3n) is 4.71. The van der Waals surface area contributed by atoms with Gasteiger partial charge in [0.2, 0.25) is 5.78 Å². The standard InChI is InChI=1S/C23H19N3O3/c1-15-6-4-8-21(10-15)25-16(2)11-19(17(25)3)12-20(14-24)23(27)18-7-5-9-22(13-18)26(28)29/h4-13H,1-3H3/b20-12-. The van der Waals surface area contributed by atoms with E-state index in [1.807, 2.05) is 51.1 Å². The minimum atomic E-state index is -0.567. The number of hydrogen-bond acceptors (Lipinski definition) is 4. The SMILES string of the molecule is Cc1cccc(-n2c(C)cc(/C=C(/C#N)C(=O)c3cccc([N+](=O)[O-])c3)c2C)c1. The number of non-ortho nitro benzene ring substituents is 1. The Kier molecular flexibility index (Phi) is 5.42. The third-order valence-corrected chi connectivity index (χ3v) is 4.71. The second-order valence-corrected chi connectivity index (χ2v) is 6.81. The van der Waals surface area contributed by atoms with E-state index < -0.39 is 10.7 Å². The van der Waals surface area contributed by atoms with Crippen molar-refractivity contribution in [2.45, 2.75) is 20.8 Å². The fourth-order valence-corrected chi connectivity index (χ4v) is 3.32. The number of Topliss-reactive ketones (excluding diaryl/α,β-unsaturated/α-hetero) is 1. The number of nitro groups is 1. The van der Waals surface area contributed by atoms with Crippen LogP contribution >= 0.6 is 0 Å². The van der Waals surface area contributed by atoms with Crippen LogP contribution < -0.4 is 0 Å². The zero-order chi connectivity index (χ0) is 21.1. The number of carbonyl (C=O) groups excluding carboxylic acids is 1. The highest BCUT2D eigenvalue weighted by molar-refractivity contribution is 6.14. The van der Waals surface area contributed by atoms with Crippen LogP contribution in [0.1, 0.15) is 32.9 Å². The van der Waals surface area contributed by atoms with Crippen molar-refractivity contribution in [3.8, 4) is 11.8 Å². The highest BCUT2D eigenvalue weighted by Gasteiger charge is 2.17. The molecule has 2 aromatic carbocycles. The van der Waals surface area contributed by atoms with E-state index in [0.29, 0.717) is 0 Å². The molecule has 6 nitrogen and oxygen atoms in total. The van der Waals surface area contributed by atoms with Gasteiger partial charge >= 0.3 is 0 Å². The van der Waals surface area contributed by atoms with Gasteiger partial charge in [0.05, 0.1) is 4.92 Å². The third kappa shape index (κ3) is 3.99. The molecule has 0 N–H and O–H groups in total. The van der Waals surface area contributed by atoms with Crippen LogP contribution in [0.5, 0.6) is 0 Å². The summed E-state index contributed by atoms with van der Waals surface area (Å²) >= 11 is 0. The average Bonchev–Trinajstić information content (AvgIpc) is 2.98. The molecule has 144 valence electrons. The van der Waals surface area contributed by atoms with Crippen LogP contribution in [0.3, 0.4) is 0 Å². The summed E-state index contributed by atoms with van der Waals surface area (Å²) in [6.07, 6.45) is 1.54. The highest BCUT2D eigenvalue weighted by atomic mass is 16.6. The second-order valence-electron chi connectivity index (χ2n) is 6.81. The first-order valence-corrected chi connectivity index (χ1v) is 8.98. The Morgan fingerprint density at radius 2 is 1.83 bits per heavy atom. The van der Waals surface area contributed by atoms with Crippen LogP contribution in [0.4, 0.5) is 5.69 Å². The first kappa shape index (κ1) is 19.8. The Morgan fingerprint density at radius 3 is 2.48 bits per heavy atom. The fraction of sp³-hybridized carbons (Fsp3) is 0.130. The van der Waals surface area contributed by atoms with Crippen LogP contribution in [0, 0.1) is 42.2 Å². The molecule has 1 heterocycles. The molecule has 0 amide bonds. The predicted octanol–water partition coefficient (Wildman–Crippen LogP) is 5.10. The number of carbonyl (C=O) groups is 1. The smallest absolute Gasteiger partial charge is 0.270 e. The number of allylic oxidation sites excluding steroid dienone is 1. The number of hydrogen-bond donors (Lipinski definition) is 0. The fourth-order valence-electron chi connectivity index (χ4n) is 3.32. The lowest BCUT2D eigenvalue weighted by Gasteiger charge is -2.10. The molecule has 3 aromatic rings. The molecule has 3 rings (SSSR count). The van der Waals surface area contributed by atoms with Crippen molar-refractivity contribution in [1.82, 2.24) is 4.57 Å². The average molecular weight is 385 g/mol. The van der Waals surface area contributed by atoms with E-state index in [2.05, 4.69) is 10.6 Å². The lowest BCUT2D eigenvalue weighted by molar-refractivity contribution is -0.384. The van der Waals surface area contributed by atoms with Crippen molar-refractivity contribution < 1.29 is 9.72 Å². The van der Waals surface area contributed by atoms with Gasteiger partial charge in [-0.25, -0.2) is 0 Å². The molecule has 0 atom stereocenters. The van der Waals surface area contributed by atoms with Gasteiger partial charge in [0, 0.05) is 34.8 Å². The summed E-state index contributed by atoms with van der Waals surface area (Å²) in [7, 11) is 0. The number of nitrogens with zero attached hydrogens (tertiary/aromatic N) is 3. The van der Waals surface area contributed by atoms with Crippen LogP contribution in [0.2, 0.25) is 0 Å². The maximum absolute atomic E-state index is 12.8. The minimum absolute atomic E-state index is 0.0741. The van der Waals surface area contributed by atoms with Crippen LogP contribution in [0.25, 0.3) is 11.8 Å². The van der Waals surface area contributed by atoms with E-state index in [4.69, 9.17) is 0 Å². The number of aromatic nitrogens is 1. The number of aryl methyl sites for hydroxylation is 2. The van der Waals surface area contributed by atoms with Gasteiger partial charge in [-0.05, 0) is 56.2 Å². The molecule has 0 saturated carbocycles. The Labute approximate surface area is 168 Å². The van der Waals surface area contributed by atoms with Gasteiger partial charge in [0.25, 0.3) is 5.69 Å². The van der Waals surface area contributed by atoms with Crippen LogP contribution in [-0.4, -0.2) is 15.3 Å². The van der Waals surface area contributed by atoms with Crippen molar-refractivity contribution in [3.05, 3.63) is 98.4 Å². The molecule has 6 heteroatoms. The topological polar surface area (TPSA) is 88.9 Å². The van der Waals surface area contributed by atoms with E-state index in [1.165, 1.54) is 30.3 Å². The lowest BCUT2D eigenvalue weighted by atomic mass is 10.0. The summed E-state index contributed by atoms with van der Waals surface area (Å²) in [6, 6.07) is 17.3. The van der Waals surface area contributed by atoms with Gasteiger partial charge in [-0.3, -0.25) is 14.9 Å². The first-order chi connectivity index (χ1) is 13.8. The van der Waals surface area contributed by atoms with Gasteiger partial charge in [0.1, 0.15) is 11.6 Å². The van der Waals surface area contributed by atoms with Crippen molar-refractivity contribution in [1.29, 1.82) is 5.26 Å². The van der Waals surface area contributed by atoms with Gasteiger partial charge in [0.15, 0.2) is 0 Å². The molecule has 0 aliphatic heterocycles. The van der Waals surface area contributed by atoms with Gasteiger partial charge in [-0.2, -0.15) is 5.26 Å². The lowest BCUT2D eigenvalue weighted by Crippen LogP contribution is -2.03. The summed E-state index contributed by atoms with van der Waals surface area (Å²) in [5.74, 6) is -0.545. The normalized spacial score (nSPS) is 11.2. The Morgan fingerprint density at radius 1 is 1.10 bits per heavy atom. The van der Waals surface area contributed by atoms with Crippen molar-refractivity contribution in [2.75, 3.05) is 0 Å². The molecule has 0 saturated heterocycles. The summed E-state index contributed by atoms with van der Waals surface area (Å²) < 4.78 is 2.06. The highest BCUT2D eigenvalue weighted by Crippen LogP contribution is 2.24. The number of nitriles is 1. The quantitative estimate of drug-likeness (QED) is 0.201. The number of benzene rings is 2. The second kappa shape index (κ2) is 7.95. The van der Waals surface area contributed by atoms with Crippen LogP contribution in [-0.2, 0) is 0 Å². The zero-order valence-electron chi connectivity index (χ0n) is 16.3. The minimum Gasteiger partial charge on any atom is -0.318 e. The zero-order valence-corrected chi connectivity index (χ0v) is 16.3.